The zero-order valence-electron chi connectivity index (χ0n) is 18.1. The molecule has 11 heteroatoms. The summed E-state index contributed by atoms with van der Waals surface area (Å²) in [5.74, 6) is -1.77. The lowest BCUT2D eigenvalue weighted by Gasteiger charge is -2.13. The molecule has 2 amide bonds. The van der Waals surface area contributed by atoms with Crippen LogP contribution in [0.2, 0.25) is 0 Å². The maximum absolute atomic E-state index is 14.0. The quantitative estimate of drug-likeness (QED) is 0.323. The van der Waals surface area contributed by atoms with Gasteiger partial charge in [-0.05, 0) is 65.9 Å². The van der Waals surface area contributed by atoms with Gasteiger partial charge in [-0.15, -0.1) is 0 Å². The molecule has 0 saturated carbocycles. The van der Waals surface area contributed by atoms with Crippen LogP contribution in [0.4, 0.5) is 13.6 Å². The van der Waals surface area contributed by atoms with Crippen LogP contribution in [-0.2, 0) is 21.5 Å². The van der Waals surface area contributed by atoms with Crippen molar-refractivity contribution in [3.63, 3.8) is 0 Å². The Bertz CT molecular complexity index is 1440. The molecule has 3 aromatic rings. The molecule has 1 fully saturated rings. The molecule has 1 heterocycles. The fraction of sp³-hybridized carbons (Fsp3) is 0.0833. The number of ether oxygens (including phenoxy) is 1. The topological polar surface area (TPSA) is 90.0 Å². The first-order valence-electron chi connectivity index (χ1n) is 10.0. The van der Waals surface area contributed by atoms with E-state index < -0.39 is 32.9 Å². The van der Waals surface area contributed by atoms with E-state index in [-0.39, 0.29) is 33.4 Å². The van der Waals surface area contributed by atoms with Gasteiger partial charge in [0.1, 0.15) is 16.5 Å². The number of halogens is 2. The summed E-state index contributed by atoms with van der Waals surface area (Å²) in [5.41, 5.74) is 0.645. The molecule has 0 N–H and O–H groups in total. The number of benzene rings is 3. The molecule has 0 atom stereocenters. The molecule has 0 unspecified atom stereocenters. The van der Waals surface area contributed by atoms with E-state index in [1.165, 1.54) is 49.6 Å². The van der Waals surface area contributed by atoms with Crippen LogP contribution in [0.15, 0.2) is 76.5 Å². The number of amides is 2. The maximum Gasteiger partial charge on any atom is 0.339 e. The van der Waals surface area contributed by atoms with E-state index in [0.29, 0.717) is 17.3 Å². The van der Waals surface area contributed by atoms with Gasteiger partial charge < -0.3 is 8.92 Å². The maximum atomic E-state index is 14.0. The predicted molar refractivity (Wildman–Crippen MR) is 125 cm³/mol. The Hall–Kier alpha value is -3.70. The van der Waals surface area contributed by atoms with Gasteiger partial charge in [0.2, 0.25) is 0 Å². The van der Waals surface area contributed by atoms with Gasteiger partial charge in [-0.1, -0.05) is 24.3 Å². The van der Waals surface area contributed by atoms with Gasteiger partial charge in [0.25, 0.3) is 11.1 Å². The Morgan fingerprint density at radius 2 is 1.69 bits per heavy atom. The minimum absolute atomic E-state index is 0.0509. The van der Waals surface area contributed by atoms with Crippen LogP contribution in [0.3, 0.4) is 0 Å². The van der Waals surface area contributed by atoms with E-state index in [0.717, 1.165) is 29.2 Å². The highest BCUT2D eigenvalue weighted by Gasteiger charge is 2.35. The Labute approximate surface area is 204 Å². The molecule has 0 bridgehead atoms. The average Bonchev–Trinajstić information content (AvgIpc) is 3.08. The van der Waals surface area contributed by atoms with Crippen LogP contribution in [0, 0.1) is 11.6 Å². The summed E-state index contributed by atoms with van der Waals surface area (Å²) in [7, 11) is -2.95. The molecule has 0 aromatic heterocycles. The first-order valence-corrected chi connectivity index (χ1v) is 12.3. The Morgan fingerprint density at radius 3 is 2.37 bits per heavy atom. The molecular weight excluding hydrogens is 500 g/mol. The highest BCUT2D eigenvalue weighted by atomic mass is 32.2. The van der Waals surface area contributed by atoms with Crippen molar-refractivity contribution in [3.05, 3.63) is 94.4 Å². The van der Waals surface area contributed by atoms with Crippen LogP contribution in [0.25, 0.3) is 6.08 Å². The third-order valence-electron chi connectivity index (χ3n) is 4.95. The van der Waals surface area contributed by atoms with Gasteiger partial charge in [-0.2, -0.15) is 8.42 Å². The van der Waals surface area contributed by atoms with E-state index >= 15 is 0 Å². The van der Waals surface area contributed by atoms with Crippen molar-refractivity contribution in [2.45, 2.75) is 11.4 Å². The highest BCUT2D eigenvalue weighted by Crippen LogP contribution is 2.36. The van der Waals surface area contributed by atoms with Gasteiger partial charge in [0.15, 0.2) is 11.5 Å². The lowest BCUT2D eigenvalue weighted by molar-refractivity contribution is -0.123. The molecule has 0 radical (unpaired) electrons. The number of carbonyl (C=O) groups is 2. The number of methoxy groups -OCH3 is 1. The third kappa shape index (κ3) is 5.36. The summed E-state index contributed by atoms with van der Waals surface area (Å²) in [5, 5.41) is -0.540. The molecule has 1 aliphatic heterocycles. The van der Waals surface area contributed by atoms with E-state index in [1.54, 1.807) is 6.07 Å². The largest absolute Gasteiger partial charge is 0.493 e. The summed E-state index contributed by atoms with van der Waals surface area (Å²) in [4.78, 5) is 25.9. The number of nitrogens with zero attached hydrogens (tertiary/aromatic N) is 1. The number of hydrogen-bond acceptors (Lipinski definition) is 7. The normalized spacial score (nSPS) is 15.1. The van der Waals surface area contributed by atoms with Gasteiger partial charge >= 0.3 is 10.1 Å². The van der Waals surface area contributed by atoms with Gasteiger partial charge in [0, 0.05) is 5.56 Å². The molecule has 7 nitrogen and oxygen atoms in total. The second kappa shape index (κ2) is 9.88. The van der Waals surface area contributed by atoms with Gasteiger partial charge in [-0.25, -0.2) is 8.78 Å². The zero-order chi connectivity index (χ0) is 25.2. The minimum atomic E-state index is -4.26. The Kier molecular flexibility index (Phi) is 6.90. The van der Waals surface area contributed by atoms with E-state index in [9.17, 15) is 26.8 Å². The second-order valence-corrected chi connectivity index (χ2v) is 9.80. The molecular formula is C24H17F2NO6S2. The molecule has 180 valence electrons. The van der Waals surface area contributed by atoms with Crippen LogP contribution in [-0.4, -0.2) is 31.6 Å². The zero-order valence-corrected chi connectivity index (χ0v) is 19.7. The minimum Gasteiger partial charge on any atom is -0.493 e. The van der Waals surface area contributed by atoms with E-state index in [4.69, 9.17) is 8.92 Å². The number of imide groups is 1. The Morgan fingerprint density at radius 1 is 0.971 bits per heavy atom. The fourth-order valence-electron chi connectivity index (χ4n) is 3.20. The first kappa shape index (κ1) is 24.4. The Balaban J connectivity index is 1.55. The smallest absolute Gasteiger partial charge is 0.339 e. The van der Waals surface area contributed by atoms with Crippen molar-refractivity contribution in [2.75, 3.05) is 7.11 Å². The third-order valence-corrected chi connectivity index (χ3v) is 7.10. The summed E-state index contributed by atoms with van der Waals surface area (Å²) < 4.78 is 62.4. The van der Waals surface area contributed by atoms with E-state index in [2.05, 4.69) is 0 Å². The summed E-state index contributed by atoms with van der Waals surface area (Å²) in [6.07, 6.45) is 1.44. The SMILES string of the molecule is COc1cc(/C=C2\SC(=O)N(Cc3ccccc3F)C2=O)ccc1OS(=O)(=O)c1ccc(F)cc1. The van der Waals surface area contributed by atoms with Crippen molar-refractivity contribution in [1.29, 1.82) is 0 Å². The van der Waals surface area contributed by atoms with Gasteiger partial charge in [-0.3, -0.25) is 14.5 Å². The first-order chi connectivity index (χ1) is 16.7. The molecule has 35 heavy (non-hydrogen) atoms. The van der Waals surface area contributed by atoms with Crippen molar-refractivity contribution in [2.24, 2.45) is 0 Å². The lowest BCUT2D eigenvalue weighted by atomic mass is 10.1. The van der Waals surface area contributed by atoms with E-state index in [1.807, 2.05) is 0 Å². The average molecular weight is 518 g/mol. The van der Waals surface area contributed by atoms with Crippen molar-refractivity contribution in [1.82, 2.24) is 4.90 Å². The molecule has 1 saturated heterocycles. The summed E-state index contributed by atoms with van der Waals surface area (Å²) >= 11 is 0.705. The van der Waals surface area contributed by atoms with Gasteiger partial charge in [0.05, 0.1) is 18.6 Å². The van der Waals surface area contributed by atoms with Crippen LogP contribution < -0.4 is 8.92 Å². The summed E-state index contributed by atoms with van der Waals surface area (Å²) in [6.45, 7) is -0.202. The molecule has 0 spiro atoms. The van der Waals surface area contributed by atoms with Crippen LogP contribution >= 0.6 is 11.8 Å². The van der Waals surface area contributed by atoms with Crippen molar-refractivity contribution >= 4 is 39.1 Å². The van der Waals surface area contributed by atoms with Crippen LogP contribution in [0.1, 0.15) is 11.1 Å². The number of hydrogen-bond donors (Lipinski definition) is 0. The van der Waals surface area contributed by atoms with Crippen molar-refractivity contribution in [3.8, 4) is 11.5 Å². The molecule has 3 aromatic carbocycles. The number of rotatable bonds is 7. The highest BCUT2D eigenvalue weighted by molar-refractivity contribution is 8.18. The van der Waals surface area contributed by atoms with Crippen molar-refractivity contribution < 1.29 is 35.7 Å². The molecule has 4 rings (SSSR count). The summed E-state index contributed by atoms with van der Waals surface area (Å²) in [6, 6.07) is 14.2. The number of carbonyl (C=O) groups excluding carboxylic acids is 2. The predicted octanol–water partition coefficient (Wildman–Crippen LogP) is 4.98. The molecule has 0 aliphatic carbocycles. The number of thioether (sulfide) groups is 1. The second-order valence-electron chi connectivity index (χ2n) is 7.26. The fourth-order valence-corrected chi connectivity index (χ4v) is 4.97. The molecule has 1 aliphatic rings. The monoisotopic (exact) mass is 517 g/mol. The lowest BCUT2D eigenvalue weighted by Crippen LogP contribution is -2.27. The van der Waals surface area contributed by atoms with Crippen LogP contribution in [0.5, 0.6) is 11.5 Å². The standard InChI is InChI=1S/C24H17F2NO6S2/c1-32-21-12-15(6-11-20(21)33-35(30,31)18-9-7-17(25)8-10-18)13-22-23(28)27(24(29)34-22)14-16-4-2-3-5-19(16)26/h2-13H,14H2,1H3/b22-13-.